The SMILES string of the molecule is Cc1ccc(CN2CCC(S(=O)(=O)N3CCCC3)C2)cc1Cl. The third-order valence-electron chi connectivity index (χ3n) is 4.72. The molecule has 1 unspecified atom stereocenters. The lowest BCUT2D eigenvalue weighted by Crippen LogP contribution is -2.38. The molecule has 4 nitrogen and oxygen atoms in total. The fraction of sp³-hybridized carbons (Fsp3) is 0.625. The molecule has 0 amide bonds. The van der Waals surface area contributed by atoms with Gasteiger partial charge in [0.1, 0.15) is 0 Å². The van der Waals surface area contributed by atoms with Crippen LogP contribution < -0.4 is 0 Å². The maximum atomic E-state index is 12.6. The van der Waals surface area contributed by atoms with Gasteiger partial charge in [-0.25, -0.2) is 12.7 Å². The van der Waals surface area contributed by atoms with Crippen LogP contribution in [0, 0.1) is 6.92 Å². The number of hydrogen-bond donors (Lipinski definition) is 0. The van der Waals surface area contributed by atoms with Gasteiger partial charge in [0.15, 0.2) is 0 Å². The van der Waals surface area contributed by atoms with Crippen molar-refractivity contribution in [1.29, 1.82) is 0 Å². The molecular weight excluding hydrogens is 320 g/mol. The number of benzene rings is 1. The number of hydrogen-bond acceptors (Lipinski definition) is 3. The van der Waals surface area contributed by atoms with Gasteiger partial charge >= 0.3 is 0 Å². The summed E-state index contributed by atoms with van der Waals surface area (Å²) in [5.74, 6) is 0. The smallest absolute Gasteiger partial charge is 0.218 e. The van der Waals surface area contributed by atoms with Gasteiger partial charge in [-0.3, -0.25) is 4.90 Å². The quantitative estimate of drug-likeness (QED) is 0.844. The van der Waals surface area contributed by atoms with Gasteiger partial charge in [0.25, 0.3) is 0 Å². The Hall–Kier alpha value is -0.620. The van der Waals surface area contributed by atoms with E-state index in [0.29, 0.717) is 19.6 Å². The van der Waals surface area contributed by atoms with Crippen molar-refractivity contribution in [2.75, 3.05) is 26.2 Å². The van der Waals surface area contributed by atoms with Crippen molar-refractivity contribution in [3.8, 4) is 0 Å². The monoisotopic (exact) mass is 342 g/mol. The van der Waals surface area contributed by atoms with Gasteiger partial charge in [0.05, 0.1) is 5.25 Å². The van der Waals surface area contributed by atoms with Gasteiger partial charge in [-0.2, -0.15) is 0 Å². The van der Waals surface area contributed by atoms with Crippen molar-refractivity contribution < 1.29 is 8.42 Å². The summed E-state index contributed by atoms with van der Waals surface area (Å²) >= 11 is 6.17. The molecule has 0 aromatic heterocycles. The number of likely N-dealkylation sites (tertiary alicyclic amines) is 1. The third kappa shape index (κ3) is 3.32. The van der Waals surface area contributed by atoms with E-state index in [1.807, 2.05) is 19.1 Å². The second kappa shape index (κ2) is 6.48. The van der Waals surface area contributed by atoms with Crippen LogP contribution in [-0.2, 0) is 16.6 Å². The van der Waals surface area contributed by atoms with Gasteiger partial charge in [0.2, 0.25) is 10.0 Å². The summed E-state index contributed by atoms with van der Waals surface area (Å²) in [4.78, 5) is 2.22. The Morgan fingerprint density at radius 1 is 1.23 bits per heavy atom. The number of rotatable bonds is 4. The highest BCUT2D eigenvalue weighted by atomic mass is 35.5. The molecule has 2 heterocycles. The van der Waals surface area contributed by atoms with Crippen LogP contribution in [0.5, 0.6) is 0 Å². The summed E-state index contributed by atoms with van der Waals surface area (Å²) in [5, 5.41) is 0.532. The standard InChI is InChI=1S/C16H23ClN2O2S/c1-13-4-5-14(10-16(13)17)11-18-9-6-15(12-18)22(20,21)19-7-2-3-8-19/h4-5,10,15H,2-3,6-9,11-12H2,1H3. The minimum atomic E-state index is -3.11. The molecule has 0 saturated carbocycles. The number of sulfonamides is 1. The first-order valence-electron chi connectivity index (χ1n) is 7.93. The highest BCUT2D eigenvalue weighted by Gasteiger charge is 2.37. The Morgan fingerprint density at radius 2 is 1.95 bits per heavy atom. The second-order valence-corrected chi connectivity index (χ2v) is 9.00. The Labute approximate surface area is 138 Å². The van der Waals surface area contributed by atoms with E-state index in [0.717, 1.165) is 48.5 Å². The van der Waals surface area contributed by atoms with Crippen LogP contribution in [0.3, 0.4) is 0 Å². The molecule has 0 radical (unpaired) electrons. The molecule has 2 aliphatic heterocycles. The normalized spacial score (nSPS) is 24.2. The molecule has 0 spiro atoms. The molecule has 0 bridgehead atoms. The molecule has 0 N–H and O–H groups in total. The van der Waals surface area contributed by atoms with E-state index < -0.39 is 10.0 Å². The average Bonchev–Trinajstić information content (AvgIpc) is 3.14. The van der Waals surface area contributed by atoms with Crippen LogP contribution in [0.25, 0.3) is 0 Å². The van der Waals surface area contributed by atoms with E-state index in [1.165, 1.54) is 0 Å². The summed E-state index contributed by atoms with van der Waals surface area (Å²) < 4.78 is 26.9. The van der Waals surface area contributed by atoms with Crippen LogP contribution in [0.15, 0.2) is 18.2 Å². The van der Waals surface area contributed by atoms with Gasteiger partial charge in [-0.1, -0.05) is 23.7 Å². The molecule has 122 valence electrons. The van der Waals surface area contributed by atoms with Gasteiger partial charge in [-0.05, 0) is 49.9 Å². The lowest BCUT2D eigenvalue weighted by molar-refractivity contribution is 0.330. The topological polar surface area (TPSA) is 40.6 Å². The minimum Gasteiger partial charge on any atom is -0.298 e. The zero-order valence-corrected chi connectivity index (χ0v) is 14.5. The number of nitrogens with zero attached hydrogens (tertiary/aromatic N) is 2. The predicted molar refractivity (Wildman–Crippen MR) is 89.6 cm³/mol. The van der Waals surface area contributed by atoms with Crippen LogP contribution >= 0.6 is 11.6 Å². The van der Waals surface area contributed by atoms with Crippen LogP contribution in [0.2, 0.25) is 5.02 Å². The van der Waals surface area contributed by atoms with E-state index in [9.17, 15) is 8.42 Å². The summed E-state index contributed by atoms with van der Waals surface area (Å²) in [6.45, 7) is 5.62. The Balaban J connectivity index is 1.63. The summed E-state index contributed by atoms with van der Waals surface area (Å²) in [6.07, 6.45) is 2.73. The van der Waals surface area contributed by atoms with E-state index in [1.54, 1.807) is 4.31 Å². The van der Waals surface area contributed by atoms with Crippen molar-refractivity contribution in [1.82, 2.24) is 9.21 Å². The number of aryl methyl sites for hydroxylation is 1. The van der Waals surface area contributed by atoms with E-state index in [-0.39, 0.29) is 5.25 Å². The van der Waals surface area contributed by atoms with E-state index in [4.69, 9.17) is 11.6 Å². The average molecular weight is 343 g/mol. The van der Waals surface area contributed by atoms with E-state index in [2.05, 4.69) is 11.0 Å². The molecule has 6 heteroatoms. The minimum absolute atomic E-state index is 0.244. The summed E-state index contributed by atoms with van der Waals surface area (Å²) in [5.41, 5.74) is 2.22. The molecule has 1 atom stereocenters. The third-order valence-corrected chi connectivity index (χ3v) is 7.44. The van der Waals surface area contributed by atoms with Gasteiger partial charge < -0.3 is 0 Å². The Kier molecular flexibility index (Phi) is 4.78. The molecule has 1 aromatic rings. The Morgan fingerprint density at radius 3 is 2.64 bits per heavy atom. The highest BCUT2D eigenvalue weighted by Crippen LogP contribution is 2.25. The maximum absolute atomic E-state index is 12.6. The maximum Gasteiger partial charge on any atom is 0.218 e. The van der Waals surface area contributed by atoms with Crippen LogP contribution in [0.1, 0.15) is 30.4 Å². The zero-order valence-electron chi connectivity index (χ0n) is 13.0. The fourth-order valence-corrected chi connectivity index (χ4v) is 5.52. The molecular formula is C16H23ClN2O2S. The van der Waals surface area contributed by atoms with Crippen molar-refractivity contribution >= 4 is 21.6 Å². The molecule has 3 rings (SSSR count). The lowest BCUT2D eigenvalue weighted by atomic mass is 10.1. The molecule has 0 aliphatic carbocycles. The molecule has 2 aliphatic rings. The molecule has 1 aromatic carbocycles. The van der Waals surface area contributed by atoms with E-state index >= 15 is 0 Å². The fourth-order valence-electron chi connectivity index (χ4n) is 3.33. The molecule has 2 fully saturated rings. The molecule has 2 saturated heterocycles. The second-order valence-electron chi connectivity index (χ2n) is 6.38. The predicted octanol–water partition coefficient (Wildman–Crippen LogP) is 2.65. The highest BCUT2D eigenvalue weighted by molar-refractivity contribution is 7.89. The zero-order chi connectivity index (χ0) is 15.7. The lowest BCUT2D eigenvalue weighted by Gasteiger charge is -2.21. The van der Waals surface area contributed by atoms with Gasteiger partial charge in [-0.15, -0.1) is 0 Å². The largest absolute Gasteiger partial charge is 0.298 e. The first kappa shape index (κ1) is 16.2. The van der Waals surface area contributed by atoms with Crippen molar-refractivity contribution in [3.05, 3.63) is 34.3 Å². The van der Waals surface area contributed by atoms with Crippen molar-refractivity contribution in [2.45, 2.75) is 38.0 Å². The Bertz CT molecular complexity index is 642. The summed E-state index contributed by atoms with van der Waals surface area (Å²) in [7, 11) is -3.11. The first-order chi connectivity index (χ1) is 10.5. The summed E-state index contributed by atoms with van der Waals surface area (Å²) in [6, 6.07) is 6.08. The van der Waals surface area contributed by atoms with Gasteiger partial charge in [0, 0.05) is 31.2 Å². The van der Waals surface area contributed by atoms with Crippen molar-refractivity contribution in [2.24, 2.45) is 0 Å². The van der Waals surface area contributed by atoms with Crippen LogP contribution in [0.4, 0.5) is 0 Å². The number of halogens is 1. The van der Waals surface area contributed by atoms with Crippen molar-refractivity contribution in [3.63, 3.8) is 0 Å². The van der Waals surface area contributed by atoms with Crippen LogP contribution in [-0.4, -0.2) is 49.1 Å². The first-order valence-corrected chi connectivity index (χ1v) is 9.81. The molecule has 22 heavy (non-hydrogen) atoms.